The van der Waals surface area contributed by atoms with Gasteiger partial charge in [0.25, 0.3) is 0 Å². The van der Waals surface area contributed by atoms with Crippen molar-refractivity contribution in [2.24, 2.45) is 11.7 Å². The van der Waals surface area contributed by atoms with Crippen LogP contribution in [0.15, 0.2) is 24.3 Å². The van der Waals surface area contributed by atoms with Gasteiger partial charge in [-0.1, -0.05) is 19.1 Å². The first-order valence-electron chi connectivity index (χ1n) is 6.25. The van der Waals surface area contributed by atoms with E-state index in [9.17, 15) is 4.79 Å². The van der Waals surface area contributed by atoms with Crippen LogP contribution >= 0.6 is 0 Å². The van der Waals surface area contributed by atoms with Crippen molar-refractivity contribution in [3.8, 4) is 5.75 Å². The van der Waals surface area contributed by atoms with Gasteiger partial charge >= 0.3 is 0 Å². The van der Waals surface area contributed by atoms with Crippen LogP contribution in [0.25, 0.3) is 0 Å². The minimum absolute atomic E-state index is 0.0708. The van der Waals surface area contributed by atoms with Crippen molar-refractivity contribution in [2.45, 2.75) is 19.8 Å². The van der Waals surface area contributed by atoms with E-state index in [0.717, 1.165) is 12.2 Å². The number of hydrogen-bond acceptors (Lipinski definition) is 3. The van der Waals surface area contributed by atoms with Crippen LogP contribution in [0.1, 0.15) is 18.9 Å². The summed E-state index contributed by atoms with van der Waals surface area (Å²) in [6.07, 6.45) is 1.33. The third-order valence-electron chi connectivity index (χ3n) is 2.83. The molecule has 0 aliphatic carbocycles. The Labute approximate surface area is 109 Å². The van der Waals surface area contributed by atoms with Crippen molar-refractivity contribution in [1.82, 2.24) is 5.32 Å². The Morgan fingerprint density at radius 2 is 2.06 bits per heavy atom. The van der Waals surface area contributed by atoms with E-state index < -0.39 is 0 Å². The molecule has 4 heteroatoms. The maximum absolute atomic E-state index is 11.5. The number of nitrogens with two attached hydrogens (primary N) is 1. The van der Waals surface area contributed by atoms with Gasteiger partial charge in [0.1, 0.15) is 5.75 Å². The van der Waals surface area contributed by atoms with Gasteiger partial charge in [-0.15, -0.1) is 0 Å². The summed E-state index contributed by atoms with van der Waals surface area (Å²) >= 11 is 0. The normalized spacial score (nSPS) is 11.9. The van der Waals surface area contributed by atoms with Crippen LogP contribution in [0.3, 0.4) is 0 Å². The zero-order valence-electron chi connectivity index (χ0n) is 11.1. The molecule has 1 aromatic rings. The maximum atomic E-state index is 11.5. The lowest BCUT2D eigenvalue weighted by Crippen LogP contribution is -2.28. The van der Waals surface area contributed by atoms with Crippen LogP contribution < -0.4 is 15.8 Å². The number of nitrogens with one attached hydrogen (secondary N) is 1. The summed E-state index contributed by atoms with van der Waals surface area (Å²) in [4.78, 5) is 11.5. The highest BCUT2D eigenvalue weighted by atomic mass is 16.5. The molecule has 4 nitrogen and oxygen atoms in total. The van der Waals surface area contributed by atoms with Gasteiger partial charge in [-0.3, -0.25) is 4.79 Å². The van der Waals surface area contributed by atoms with Crippen LogP contribution in [0.4, 0.5) is 0 Å². The Morgan fingerprint density at radius 3 is 2.61 bits per heavy atom. The number of benzene rings is 1. The van der Waals surface area contributed by atoms with Gasteiger partial charge in [-0.05, 0) is 36.6 Å². The standard InChI is InChI=1S/C14H22N2O2/c1-11(10-15)9-14(17)16-8-7-12-3-5-13(18-2)6-4-12/h3-6,11H,7-10,15H2,1-2H3,(H,16,17). The smallest absolute Gasteiger partial charge is 0.220 e. The summed E-state index contributed by atoms with van der Waals surface area (Å²) in [5, 5.41) is 2.90. The first kappa shape index (κ1) is 14.5. The Bertz CT molecular complexity index is 363. The second-order valence-corrected chi connectivity index (χ2v) is 4.49. The average Bonchev–Trinajstić information content (AvgIpc) is 2.39. The van der Waals surface area contributed by atoms with Gasteiger partial charge in [-0.25, -0.2) is 0 Å². The van der Waals surface area contributed by atoms with E-state index in [1.54, 1.807) is 7.11 Å². The van der Waals surface area contributed by atoms with E-state index in [0.29, 0.717) is 19.5 Å². The van der Waals surface area contributed by atoms with Crippen molar-refractivity contribution in [1.29, 1.82) is 0 Å². The lowest BCUT2D eigenvalue weighted by Gasteiger charge is -2.09. The number of rotatable bonds is 7. The molecule has 18 heavy (non-hydrogen) atoms. The molecule has 1 atom stereocenters. The molecule has 0 aromatic heterocycles. The van der Waals surface area contributed by atoms with Crippen molar-refractivity contribution < 1.29 is 9.53 Å². The molecule has 1 rings (SSSR count). The number of carbonyl (C=O) groups excluding carboxylic acids is 1. The lowest BCUT2D eigenvalue weighted by molar-refractivity contribution is -0.121. The van der Waals surface area contributed by atoms with Crippen molar-refractivity contribution in [3.63, 3.8) is 0 Å². The lowest BCUT2D eigenvalue weighted by atomic mass is 10.1. The van der Waals surface area contributed by atoms with Crippen LogP contribution in [-0.4, -0.2) is 26.1 Å². The molecule has 0 spiro atoms. The molecule has 0 aliphatic heterocycles. The Morgan fingerprint density at radius 1 is 1.39 bits per heavy atom. The third-order valence-corrected chi connectivity index (χ3v) is 2.83. The maximum Gasteiger partial charge on any atom is 0.220 e. The van der Waals surface area contributed by atoms with Crippen molar-refractivity contribution >= 4 is 5.91 Å². The zero-order chi connectivity index (χ0) is 13.4. The second-order valence-electron chi connectivity index (χ2n) is 4.49. The van der Waals surface area contributed by atoms with Crippen LogP contribution in [-0.2, 0) is 11.2 Å². The first-order chi connectivity index (χ1) is 8.65. The minimum atomic E-state index is 0.0708. The molecular formula is C14H22N2O2. The fourth-order valence-electron chi connectivity index (χ4n) is 1.61. The largest absolute Gasteiger partial charge is 0.497 e. The minimum Gasteiger partial charge on any atom is -0.497 e. The predicted molar refractivity (Wildman–Crippen MR) is 72.5 cm³/mol. The van der Waals surface area contributed by atoms with Gasteiger partial charge < -0.3 is 15.8 Å². The van der Waals surface area contributed by atoms with Gasteiger partial charge in [0.15, 0.2) is 0 Å². The fraction of sp³-hybridized carbons (Fsp3) is 0.500. The summed E-state index contributed by atoms with van der Waals surface area (Å²) in [6.45, 7) is 3.18. The number of carbonyl (C=O) groups is 1. The van der Waals surface area contributed by atoms with Gasteiger partial charge in [0, 0.05) is 13.0 Å². The van der Waals surface area contributed by atoms with Crippen LogP contribution in [0, 0.1) is 5.92 Å². The molecular weight excluding hydrogens is 228 g/mol. The highest BCUT2D eigenvalue weighted by molar-refractivity contribution is 5.76. The molecule has 1 amide bonds. The molecule has 1 unspecified atom stereocenters. The number of ether oxygens (including phenoxy) is 1. The van der Waals surface area contributed by atoms with E-state index in [2.05, 4.69) is 5.32 Å². The quantitative estimate of drug-likeness (QED) is 0.767. The molecule has 1 aromatic carbocycles. The van der Waals surface area contributed by atoms with E-state index >= 15 is 0 Å². The van der Waals surface area contributed by atoms with Gasteiger partial charge in [-0.2, -0.15) is 0 Å². The summed E-state index contributed by atoms with van der Waals surface area (Å²) in [6, 6.07) is 7.86. The van der Waals surface area contributed by atoms with Gasteiger partial charge in [0.2, 0.25) is 5.91 Å². The number of hydrogen-bond donors (Lipinski definition) is 2. The monoisotopic (exact) mass is 250 g/mol. The van der Waals surface area contributed by atoms with Crippen LogP contribution in [0.2, 0.25) is 0 Å². The van der Waals surface area contributed by atoms with Crippen molar-refractivity contribution in [3.05, 3.63) is 29.8 Å². The molecule has 0 aliphatic rings. The molecule has 0 heterocycles. The number of amides is 1. The summed E-state index contributed by atoms with van der Waals surface area (Å²) in [7, 11) is 1.65. The topological polar surface area (TPSA) is 64.3 Å². The van der Waals surface area contributed by atoms with Crippen molar-refractivity contribution in [2.75, 3.05) is 20.2 Å². The summed E-state index contributed by atoms with van der Waals surface area (Å²) < 4.78 is 5.09. The second kappa shape index (κ2) is 7.71. The van der Waals surface area contributed by atoms with Gasteiger partial charge in [0.05, 0.1) is 7.11 Å². The summed E-state index contributed by atoms with van der Waals surface area (Å²) in [5.74, 6) is 1.16. The first-order valence-corrected chi connectivity index (χ1v) is 6.25. The summed E-state index contributed by atoms with van der Waals surface area (Å²) in [5.41, 5.74) is 6.66. The third kappa shape index (κ3) is 5.19. The Hall–Kier alpha value is -1.55. The molecule has 0 saturated heterocycles. The average molecular weight is 250 g/mol. The highest BCUT2D eigenvalue weighted by Crippen LogP contribution is 2.11. The molecule has 3 N–H and O–H groups in total. The van der Waals surface area contributed by atoms with E-state index in [1.807, 2.05) is 31.2 Å². The molecule has 0 fully saturated rings. The highest BCUT2D eigenvalue weighted by Gasteiger charge is 2.06. The predicted octanol–water partition coefficient (Wildman–Crippen LogP) is 1.34. The zero-order valence-corrected chi connectivity index (χ0v) is 11.1. The molecule has 0 radical (unpaired) electrons. The Balaban J connectivity index is 2.26. The van der Waals surface area contributed by atoms with E-state index in [-0.39, 0.29) is 11.8 Å². The fourth-order valence-corrected chi connectivity index (χ4v) is 1.61. The Kier molecular flexibility index (Phi) is 6.22. The molecule has 0 saturated carbocycles. The van der Waals surface area contributed by atoms with E-state index in [4.69, 9.17) is 10.5 Å². The number of methoxy groups -OCH3 is 1. The van der Waals surface area contributed by atoms with E-state index in [1.165, 1.54) is 5.56 Å². The molecule has 100 valence electrons. The van der Waals surface area contributed by atoms with Crippen LogP contribution in [0.5, 0.6) is 5.75 Å². The molecule has 0 bridgehead atoms. The SMILES string of the molecule is COc1ccc(CCNC(=O)CC(C)CN)cc1.